The van der Waals surface area contributed by atoms with Gasteiger partial charge in [-0.1, -0.05) is 30.0 Å². The third-order valence-electron chi connectivity index (χ3n) is 4.03. The average Bonchev–Trinajstić information content (AvgIpc) is 3.04. The molecule has 3 rings (SSSR count). The molecular formula is C19H17F3N4O2S2. The van der Waals surface area contributed by atoms with Gasteiger partial charge in [-0.3, -0.25) is 4.79 Å². The van der Waals surface area contributed by atoms with Crippen molar-refractivity contribution in [2.75, 3.05) is 16.9 Å². The Kier molecular flexibility index (Phi) is 6.52. The normalized spacial score (nSPS) is 11.4. The monoisotopic (exact) mass is 454 g/mol. The van der Waals surface area contributed by atoms with Gasteiger partial charge in [-0.25, -0.2) is 9.97 Å². The molecule has 0 spiro atoms. The zero-order valence-electron chi connectivity index (χ0n) is 15.9. The van der Waals surface area contributed by atoms with Crippen molar-refractivity contribution in [1.29, 1.82) is 0 Å². The van der Waals surface area contributed by atoms with Crippen molar-refractivity contribution >= 4 is 52.1 Å². The summed E-state index contributed by atoms with van der Waals surface area (Å²) in [6, 6.07) is 8.54. The number of anilines is 4. The molecule has 0 amide bonds. The van der Waals surface area contributed by atoms with Crippen LogP contribution < -0.4 is 10.6 Å². The van der Waals surface area contributed by atoms with Crippen molar-refractivity contribution < 1.29 is 23.1 Å². The van der Waals surface area contributed by atoms with Crippen molar-refractivity contribution in [3.63, 3.8) is 0 Å². The van der Waals surface area contributed by atoms with Gasteiger partial charge in [0.1, 0.15) is 11.6 Å². The Hall–Kier alpha value is -2.79. The van der Waals surface area contributed by atoms with E-state index < -0.39 is 17.7 Å². The number of rotatable bonds is 7. The molecule has 11 heteroatoms. The molecule has 0 radical (unpaired) electrons. The van der Waals surface area contributed by atoms with Crippen molar-refractivity contribution in [2.24, 2.45) is 0 Å². The van der Waals surface area contributed by atoms with Crippen molar-refractivity contribution in [3.8, 4) is 0 Å². The molecule has 0 aliphatic rings. The summed E-state index contributed by atoms with van der Waals surface area (Å²) in [6.07, 6.45) is -2.50. The van der Waals surface area contributed by atoms with Crippen molar-refractivity contribution in [2.45, 2.75) is 23.9 Å². The number of para-hydroxylation sites is 1. The summed E-state index contributed by atoms with van der Waals surface area (Å²) in [6.45, 7) is 1.86. The predicted octanol–water partition coefficient (Wildman–Crippen LogP) is 5.70. The molecule has 2 aromatic heterocycles. The fraction of sp³-hybridized carbons (Fsp3) is 0.211. The molecular weight excluding hydrogens is 437 g/mol. The minimum atomic E-state index is -4.65. The molecule has 0 bridgehead atoms. The van der Waals surface area contributed by atoms with E-state index in [9.17, 15) is 18.0 Å². The van der Waals surface area contributed by atoms with Crippen LogP contribution in [0.4, 0.5) is 36.2 Å². The minimum Gasteiger partial charge on any atom is -0.481 e. The third-order valence-corrected chi connectivity index (χ3v) is 6.07. The highest BCUT2D eigenvalue weighted by atomic mass is 32.2. The fourth-order valence-electron chi connectivity index (χ4n) is 2.60. The second-order valence-corrected chi connectivity index (χ2v) is 8.34. The van der Waals surface area contributed by atoms with E-state index in [1.807, 2.05) is 19.1 Å². The number of nitrogens with one attached hydrogen (secondary N) is 2. The molecule has 0 atom stereocenters. The van der Waals surface area contributed by atoms with Crippen LogP contribution >= 0.6 is 23.1 Å². The third kappa shape index (κ3) is 5.22. The van der Waals surface area contributed by atoms with E-state index in [-0.39, 0.29) is 23.7 Å². The number of aryl methyl sites for hydroxylation is 1. The second kappa shape index (κ2) is 8.92. The summed E-state index contributed by atoms with van der Waals surface area (Å²) in [7, 11) is 0. The summed E-state index contributed by atoms with van der Waals surface area (Å²) >= 11 is 2.41. The van der Waals surface area contributed by atoms with E-state index in [0.717, 1.165) is 23.1 Å². The van der Waals surface area contributed by atoms with E-state index in [1.54, 1.807) is 18.4 Å². The van der Waals surface area contributed by atoms with E-state index in [0.29, 0.717) is 14.9 Å². The number of carboxylic acids is 1. The molecule has 2 heterocycles. The molecule has 30 heavy (non-hydrogen) atoms. The molecule has 0 aliphatic carbocycles. The van der Waals surface area contributed by atoms with Crippen LogP contribution in [0.15, 0.2) is 40.9 Å². The highest BCUT2D eigenvalue weighted by molar-refractivity contribution is 8.00. The van der Waals surface area contributed by atoms with Gasteiger partial charge in [0.05, 0.1) is 22.5 Å². The fourth-order valence-corrected chi connectivity index (χ4v) is 4.16. The number of benzene rings is 1. The maximum absolute atomic E-state index is 13.5. The number of carboxylic acid groups (broad SMARTS) is 1. The Bertz CT molecular complexity index is 1070. The van der Waals surface area contributed by atoms with Crippen LogP contribution in [0.1, 0.15) is 16.0 Å². The van der Waals surface area contributed by atoms with Gasteiger partial charge >= 0.3 is 12.1 Å². The van der Waals surface area contributed by atoms with Gasteiger partial charge in [-0.05, 0) is 24.8 Å². The zero-order chi connectivity index (χ0) is 21.9. The van der Waals surface area contributed by atoms with Crippen LogP contribution in [0.3, 0.4) is 0 Å². The van der Waals surface area contributed by atoms with Crippen molar-refractivity contribution in [3.05, 3.63) is 52.5 Å². The van der Waals surface area contributed by atoms with Gasteiger partial charge in [0, 0.05) is 18.0 Å². The molecule has 3 N–H and O–H groups in total. The average molecular weight is 454 g/mol. The number of nitrogens with zero attached hydrogens (tertiary/aromatic N) is 2. The summed E-state index contributed by atoms with van der Waals surface area (Å²) in [5.74, 6) is -0.799. The Labute approximate surface area is 178 Å². The molecule has 0 fully saturated rings. The first-order valence-corrected chi connectivity index (χ1v) is 10.6. The summed E-state index contributed by atoms with van der Waals surface area (Å²) < 4.78 is 41.2. The maximum atomic E-state index is 13.5. The highest BCUT2D eigenvalue weighted by Crippen LogP contribution is 2.39. The first kappa shape index (κ1) is 21.9. The summed E-state index contributed by atoms with van der Waals surface area (Å²) in [5.41, 5.74) is 0.373. The van der Waals surface area contributed by atoms with Crippen LogP contribution in [-0.4, -0.2) is 27.3 Å². The number of aliphatic carboxylic acids is 1. The first-order chi connectivity index (χ1) is 14.2. The summed E-state index contributed by atoms with van der Waals surface area (Å²) in [5, 5.41) is 14.8. The van der Waals surface area contributed by atoms with Crippen molar-refractivity contribution in [1.82, 2.24) is 9.97 Å². The Morgan fingerprint density at radius 1 is 1.23 bits per heavy atom. The SMILES string of the molecule is CSc1nc(Nc2cc(Nc3ccccc3C)ncc2C(F)(F)F)c(CC(=O)O)s1. The largest absolute Gasteiger partial charge is 0.481 e. The van der Waals surface area contributed by atoms with E-state index in [4.69, 9.17) is 5.11 Å². The van der Waals surface area contributed by atoms with Crippen LogP contribution in [0.25, 0.3) is 0 Å². The lowest BCUT2D eigenvalue weighted by Crippen LogP contribution is -2.11. The molecule has 0 saturated carbocycles. The number of thioether (sulfide) groups is 1. The molecule has 6 nitrogen and oxygen atoms in total. The lowest BCUT2D eigenvalue weighted by atomic mass is 10.2. The molecule has 158 valence electrons. The quantitative estimate of drug-likeness (QED) is 0.395. The molecule has 0 unspecified atom stereocenters. The lowest BCUT2D eigenvalue weighted by Gasteiger charge is -2.16. The van der Waals surface area contributed by atoms with Gasteiger partial charge in [0.15, 0.2) is 4.34 Å². The molecule has 0 aliphatic heterocycles. The van der Waals surface area contributed by atoms with Crippen LogP contribution in [0.5, 0.6) is 0 Å². The Morgan fingerprint density at radius 2 is 1.97 bits per heavy atom. The standard InChI is InChI=1S/C19H17F3N4O2S2/c1-10-5-3-4-6-12(10)24-15-7-13(11(9-23-15)19(20,21)22)25-17-14(8-16(27)28)30-18(26-17)29-2/h3-7,9H,8H2,1-2H3,(H,27,28)(H2,23,24,25). The number of carbonyl (C=O) groups is 1. The van der Waals surface area contributed by atoms with E-state index in [1.165, 1.54) is 17.8 Å². The molecule has 1 aromatic carbocycles. The molecule has 0 saturated heterocycles. The molecule has 3 aromatic rings. The Balaban J connectivity index is 2.01. The number of aromatic nitrogens is 2. The number of hydrogen-bond donors (Lipinski definition) is 3. The van der Waals surface area contributed by atoms with E-state index >= 15 is 0 Å². The number of alkyl halides is 3. The number of thiazole rings is 1. The maximum Gasteiger partial charge on any atom is 0.419 e. The zero-order valence-corrected chi connectivity index (χ0v) is 17.5. The van der Waals surface area contributed by atoms with Gasteiger partial charge in [-0.15, -0.1) is 11.3 Å². The van der Waals surface area contributed by atoms with Gasteiger partial charge in [0.2, 0.25) is 0 Å². The van der Waals surface area contributed by atoms with Gasteiger partial charge in [-0.2, -0.15) is 13.2 Å². The number of pyridine rings is 1. The minimum absolute atomic E-state index is 0.0882. The number of hydrogen-bond acceptors (Lipinski definition) is 7. The smallest absolute Gasteiger partial charge is 0.419 e. The number of halogens is 3. The van der Waals surface area contributed by atoms with Crippen LogP contribution in [0, 0.1) is 6.92 Å². The van der Waals surface area contributed by atoms with Gasteiger partial charge < -0.3 is 15.7 Å². The second-order valence-electron chi connectivity index (χ2n) is 6.20. The first-order valence-electron chi connectivity index (χ1n) is 8.59. The Morgan fingerprint density at radius 3 is 2.60 bits per heavy atom. The van der Waals surface area contributed by atoms with Crippen LogP contribution in [0.2, 0.25) is 0 Å². The topological polar surface area (TPSA) is 87.1 Å². The van der Waals surface area contributed by atoms with Crippen LogP contribution in [-0.2, 0) is 17.4 Å². The predicted molar refractivity (Wildman–Crippen MR) is 112 cm³/mol. The summed E-state index contributed by atoms with van der Waals surface area (Å²) in [4.78, 5) is 19.6. The lowest BCUT2D eigenvalue weighted by molar-refractivity contribution is -0.137. The van der Waals surface area contributed by atoms with Gasteiger partial charge in [0.25, 0.3) is 0 Å². The van der Waals surface area contributed by atoms with E-state index in [2.05, 4.69) is 20.6 Å². The highest BCUT2D eigenvalue weighted by Gasteiger charge is 2.35.